The number of hydrazine groups is 1. The molecule has 2 aliphatic heterocycles. The van der Waals surface area contributed by atoms with Gasteiger partial charge in [-0.05, 0) is 49.1 Å². The van der Waals surface area contributed by atoms with E-state index in [1.807, 2.05) is 36.7 Å². The molecule has 0 spiro atoms. The lowest BCUT2D eigenvalue weighted by Crippen LogP contribution is -2.39. The molecule has 1 fully saturated rings. The molecule has 0 N–H and O–H groups in total. The van der Waals surface area contributed by atoms with E-state index in [-0.39, 0.29) is 5.82 Å². The summed E-state index contributed by atoms with van der Waals surface area (Å²) >= 11 is 0. The number of rotatable bonds is 2. The van der Waals surface area contributed by atoms with Crippen LogP contribution in [0.1, 0.15) is 24.8 Å². The van der Waals surface area contributed by atoms with Crippen LogP contribution in [0.3, 0.4) is 0 Å². The molecule has 112 valence electrons. The topological polar surface area (TPSA) is 19.4 Å². The maximum absolute atomic E-state index is 13.2. The highest BCUT2D eigenvalue weighted by Crippen LogP contribution is 2.38. The summed E-state index contributed by atoms with van der Waals surface area (Å²) < 4.78 is 13.2. The van der Waals surface area contributed by atoms with Gasteiger partial charge in [0, 0.05) is 30.2 Å². The van der Waals surface area contributed by atoms with Gasteiger partial charge in [-0.3, -0.25) is 15.0 Å². The fourth-order valence-corrected chi connectivity index (χ4v) is 3.37. The third kappa shape index (κ3) is 2.25. The van der Waals surface area contributed by atoms with Crippen LogP contribution in [0, 0.1) is 5.82 Å². The van der Waals surface area contributed by atoms with E-state index in [0.717, 1.165) is 30.8 Å². The van der Waals surface area contributed by atoms with Crippen LogP contribution in [0.15, 0.2) is 54.5 Å². The van der Waals surface area contributed by atoms with Crippen LogP contribution in [-0.4, -0.2) is 23.1 Å². The van der Waals surface area contributed by atoms with Crippen molar-refractivity contribution >= 4 is 11.3 Å². The van der Waals surface area contributed by atoms with Crippen molar-refractivity contribution in [2.45, 2.75) is 19.3 Å². The summed E-state index contributed by atoms with van der Waals surface area (Å²) in [7, 11) is 0. The standard InChI is InChI=1S/C18H18FN3/c19-15-6-4-14(5-7-15)17-13-22(16-8-10-20-11-9-16)21-12-2-1-3-18(17)21/h4-11H,1-3,12-13H2. The second-order valence-electron chi connectivity index (χ2n) is 5.78. The lowest BCUT2D eigenvalue weighted by molar-refractivity contribution is 0.294. The number of halogens is 1. The average molecular weight is 295 g/mol. The van der Waals surface area contributed by atoms with Crippen LogP contribution < -0.4 is 5.01 Å². The Labute approximate surface area is 129 Å². The van der Waals surface area contributed by atoms with Gasteiger partial charge in [-0.15, -0.1) is 0 Å². The van der Waals surface area contributed by atoms with Crippen molar-refractivity contribution in [3.8, 4) is 0 Å². The molecule has 3 heterocycles. The third-order valence-corrected chi connectivity index (χ3v) is 4.45. The molecule has 4 rings (SSSR count). The van der Waals surface area contributed by atoms with E-state index in [9.17, 15) is 4.39 Å². The summed E-state index contributed by atoms with van der Waals surface area (Å²) in [4.78, 5) is 4.11. The SMILES string of the molecule is Fc1ccc(C2=C3CCCCN3N(c3ccncc3)C2)cc1. The van der Waals surface area contributed by atoms with Gasteiger partial charge in [0.05, 0.1) is 12.2 Å². The van der Waals surface area contributed by atoms with Crippen molar-refractivity contribution in [3.63, 3.8) is 0 Å². The number of allylic oxidation sites excluding steroid dienone is 1. The number of aromatic nitrogens is 1. The molecular weight excluding hydrogens is 277 g/mol. The number of benzene rings is 1. The van der Waals surface area contributed by atoms with E-state index in [1.54, 1.807) is 12.1 Å². The highest BCUT2D eigenvalue weighted by atomic mass is 19.1. The Balaban J connectivity index is 1.73. The molecular formula is C18H18FN3. The summed E-state index contributed by atoms with van der Waals surface area (Å²) in [6.45, 7) is 1.88. The number of hydrogen-bond acceptors (Lipinski definition) is 3. The lowest BCUT2D eigenvalue weighted by atomic mass is 10.00. The monoisotopic (exact) mass is 295 g/mol. The number of pyridine rings is 1. The molecule has 22 heavy (non-hydrogen) atoms. The van der Waals surface area contributed by atoms with Crippen LogP contribution in [0.5, 0.6) is 0 Å². The van der Waals surface area contributed by atoms with E-state index < -0.39 is 0 Å². The van der Waals surface area contributed by atoms with Gasteiger partial charge in [-0.25, -0.2) is 4.39 Å². The number of fused-ring (bicyclic) bond motifs is 1. The summed E-state index contributed by atoms with van der Waals surface area (Å²) in [5, 5.41) is 4.70. The first-order chi connectivity index (χ1) is 10.8. The molecule has 2 aromatic rings. The van der Waals surface area contributed by atoms with Gasteiger partial charge in [0.25, 0.3) is 0 Å². The van der Waals surface area contributed by atoms with Crippen LogP contribution in [0.4, 0.5) is 10.1 Å². The number of nitrogens with zero attached hydrogens (tertiary/aromatic N) is 3. The van der Waals surface area contributed by atoms with E-state index in [2.05, 4.69) is 15.0 Å². The minimum absolute atomic E-state index is 0.182. The summed E-state index contributed by atoms with van der Waals surface area (Å²) in [5.41, 5.74) is 4.98. The second kappa shape index (κ2) is 5.44. The Morgan fingerprint density at radius 3 is 2.45 bits per heavy atom. The highest BCUT2D eigenvalue weighted by Gasteiger charge is 2.32. The maximum Gasteiger partial charge on any atom is 0.123 e. The largest absolute Gasteiger partial charge is 0.289 e. The Kier molecular flexibility index (Phi) is 3.29. The summed E-state index contributed by atoms with van der Waals surface area (Å²) in [6, 6.07) is 11.0. The predicted octanol–water partition coefficient (Wildman–Crippen LogP) is 3.85. The van der Waals surface area contributed by atoms with Crippen LogP contribution in [-0.2, 0) is 0 Å². The molecule has 0 saturated carbocycles. The van der Waals surface area contributed by atoms with Gasteiger partial charge in [0.2, 0.25) is 0 Å². The molecule has 4 heteroatoms. The first-order valence-electron chi connectivity index (χ1n) is 7.76. The Morgan fingerprint density at radius 2 is 1.68 bits per heavy atom. The predicted molar refractivity (Wildman–Crippen MR) is 85.5 cm³/mol. The molecule has 2 aliphatic rings. The first-order valence-corrected chi connectivity index (χ1v) is 7.76. The van der Waals surface area contributed by atoms with Crippen molar-refractivity contribution in [1.82, 2.24) is 9.99 Å². The quantitative estimate of drug-likeness (QED) is 0.839. The summed E-state index contributed by atoms with van der Waals surface area (Å²) in [5.74, 6) is -0.182. The number of anilines is 1. The van der Waals surface area contributed by atoms with Crippen molar-refractivity contribution in [3.05, 3.63) is 65.9 Å². The Hall–Kier alpha value is -2.36. The average Bonchev–Trinajstić information content (AvgIpc) is 2.96. The van der Waals surface area contributed by atoms with E-state index in [1.165, 1.54) is 24.1 Å². The van der Waals surface area contributed by atoms with Crippen LogP contribution >= 0.6 is 0 Å². The molecule has 3 nitrogen and oxygen atoms in total. The normalized spacial score (nSPS) is 17.9. The fourth-order valence-electron chi connectivity index (χ4n) is 3.37. The Morgan fingerprint density at radius 1 is 0.909 bits per heavy atom. The van der Waals surface area contributed by atoms with Crippen molar-refractivity contribution in [2.75, 3.05) is 18.1 Å². The molecule has 0 bridgehead atoms. The molecule has 0 unspecified atom stereocenters. The van der Waals surface area contributed by atoms with E-state index >= 15 is 0 Å². The minimum Gasteiger partial charge on any atom is -0.289 e. The van der Waals surface area contributed by atoms with Gasteiger partial charge in [-0.2, -0.15) is 0 Å². The zero-order valence-electron chi connectivity index (χ0n) is 12.4. The molecule has 1 saturated heterocycles. The number of piperidine rings is 1. The lowest BCUT2D eigenvalue weighted by Gasteiger charge is -2.36. The highest BCUT2D eigenvalue weighted by molar-refractivity contribution is 5.76. The molecule has 0 amide bonds. The summed E-state index contributed by atoms with van der Waals surface area (Å²) in [6.07, 6.45) is 7.18. The first kappa shape index (κ1) is 13.3. The molecule has 0 aliphatic carbocycles. The zero-order valence-corrected chi connectivity index (χ0v) is 12.4. The maximum atomic E-state index is 13.2. The van der Waals surface area contributed by atoms with E-state index in [0.29, 0.717) is 0 Å². The zero-order chi connectivity index (χ0) is 14.9. The molecule has 1 aromatic heterocycles. The van der Waals surface area contributed by atoms with Crippen LogP contribution in [0.2, 0.25) is 0 Å². The van der Waals surface area contributed by atoms with Crippen molar-refractivity contribution in [2.24, 2.45) is 0 Å². The molecule has 0 radical (unpaired) electrons. The third-order valence-electron chi connectivity index (χ3n) is 4.45. The van der Waals surface area contributed by atoms with Crippen molar-refractivity contribution < 1.29 is 4.39 Å². The van der Waals surface area contributed by atoms with Gasteiger partial charge in [0.1, 0.15) is 5.82 Å². The number of hydrogen-bond donors (Lipinski definition) is 0. The van der Waals surface area contributed by atoms with Gasteiger partial charge < -0.3 is 0 Å². The van der Waals surface area contributed by atoms with Gasteiger partial charge >= 0.3 is 0 Å². The fraction of sp³-hybridized carbons (Fsp3) is 0.278. The van der Waals surface area contributed by atoms with E-state index in [4.69, 9.17) is 0 Å². The van der Waals surface area contributed by atoms with Gasteiger partial charge in [0.15, 0.2) is 0 Å². The smallest absolute Gasteiger partial charge is 0.123 e. The van der Waals surface area contributed by atoms with Crippen molar-refractivity contribution in [1.29, 1.82) is 0 Å². The van der Waals surface area contributed by atoms with Crippen LogP contribution in [0.25, 0.3) is 5.57 Å². The van der Waals surface area contributed by atoms with Gasteiger partial charge in [-0.1, -0.05) is 12.1 Å². The molecule has 0 atom stereocenters. The minimum atomic E-state index is -0.182. The Bertz CT molecular complexity index is 694. The molecule has 1 aromatic carbocycles. The second-order valence-corrected chi connectivity index (χ2v) is 5.78.